The van der Waals surface area contributed by atoms with Crippen LogP contribution in [0.3, 0.4) is 0 Å². The van der Waals surface area contributed by atoms with Crippen molar-refractivity contribution in [3.05, 3.63) is 54.3 Å². The van der Waals surface area contributed by atoms with Crippen LogP contribution in [0.25, 0.3) is 6.08 Å². The smallest absolute Gasteiger partial charge is 0.245 e. The van der Waals surface area contributed by atoms with Gasteiger partial charge in [0.1, 0.15) is 5.76 Å². The Morgan fingerprint density at radius 2 is 2.37 bits per heavy atom. The molecule has 0 aliphatic rings. The summed E-state index contributed by atoms with van der Waals surface area (Å²) in [4.78, 5) is 11.6. The average molecular weight is 257 g/mol. The van der Waals surface area contributed by atoms with Gasteiger partial charge in [0.25, 0.3) is 0 Å². The topological polar surface area (TPSA) is 59.5 Å². The number of hydrogen-bond acceptors (Lipinski definition) is 3. The number of hydrazone groups is 1. The Morgan fingerprint density at radius 1 is 1.47 bits per heavy atom. The second kappa shape index (κ2) is 6.39. The van der Waals surface area contributed by atoms with Gasteiger partial charge in [-0.3, -0.25) is 4.79 Å². The molecule has 2 rings (SSSR count). The summed E-state index contributed by atoms with van der Waals surface area (Å²) in [5, 5.41) is 3.82. The van der Waals surface area contributed by atoms with Crippen LogP contribution < -0.4 is 5.43 Å². The summed E-state index contributed by atoms with van der Waals surface area (Å²) in [5.74, 6) is 0.589. The summed E-state index contributed by atoms with van der Waals surface area (Å²) >= 11 is 0. The van der Waals surface area contributed by atoms with Crippen LogP contribution in [0.5, 0.6) is 0 Å². The first kappa shape index (κ1) is 12.9. The molecule has 5 heteroatoms. The Hall–Kier alpha value is -2.56. The van der Waals surface area contributed by atoms with Gasteiger partial charge in [0.2, 0.25) is 5.91 Å². The number of allylic oxidation sites excluding steroid dienone is 1. The van der Waals surface area contributed by atoms with Crippen LogP contribution in [0, 0.1) is 0 Å². The molecule has 0 saturated heterocycles. The lowest BCUT2D eigenvalue weighted by Gasteiger charge is -2.01. The van der Waals surface area contributed by atoms with Gasteiger partial charge in [0.15, 0.2) is 0 Å². The number of hydrogen-bond donors (Lipinski definition) is 1. The van der Waals surface area contributed by atoms with Crippen molar-refractivity contribution >= 4 is 18.2 Å². The fourth-order valence-electron chi connectivity index (χ4n) is 1.56. The van der Waals surface area contributed by atoms with Crippen LogP contribution in [0.2, 0.25) is 0 Å². The Kier molecular flexibility index (Phi) is 4.34. The second-order valence-electron chi connectivity index (χ2n) is 3.97. The fraction of sp³-hybridized carbons (Fsp3) is 0.143. The van der Waals surface area contributed by atoms with Crippen molar-refractivity contribution in [1.82, 2.24) is 9.99 Å². The number of furan rings is 1. The third-order valence-electron chi connectivity index (χ3n) is 2.55. The fourth-order valence-corrected chi connectivity index (χ4v) is 1.56. The van der Waals surface area contributed by atoms with Crippen molar-refractivity contribution in [3.8, 4) is 0 Å². The average Bonchev–Trinajstić information content (AvgIpc) is 3.02. The lowest BCUT2D eigenvalue weighted by Crippen LogP contribution is -2.20. The molecule has 0 aromatic carbocycles. The third-order valence-corrected chi connectivity index (χ3v) is 2.55. The molecule has 0 fully saturated rings. The molecular weight excluding hydrogens is 242 g/mol. The summed E-state index contributed by atoms with van der Waals surface area (Å²) in [6.07, 6.45) is 8.76. The summed E-state index contributed by atoms with van der Waals surface area (Å²) in [7, 11) is 1.90. The van der Waals surface area contributed by atoms with Gasteiger partial charge >= 0.3 is 0 Å². The van der Waals surface area contributed by atoms with Crippen molar-refractivity contribution in [2.24, 2.45) is 12.1 Å². The molecule has 2 heterocycles. The van der Waals surface area contributed by atoms with Gasteiger partial charge in [-0.15, -0.1) is 0 Å². The number of carbonyl (C=O) groups is 1. The highest BCUT2D eigenvalue weighted by Crippen LogP contribution is 2.01. The first-order chi connectivity index (χ1) is 9.25. The standard InChI is InChI=1S/C14H15N3O2/c1-17-9-3-5-12(17)11-14(18)16-15-8-2-6-13-7-4-10-19-13/h2-10H,11H2,1H3,(H,16,18)/b6-2-,15-8-. The number of rotatable bonds is 5. The Balaban J connectivity index is 1.76. The number of aromatic nitrogens is 1. The van der Waals surface area contributed by atoms with Crippen LogP contribution in [-0.4, -0.2) is 16.7 Å². The lowest BCUT2D eigenvalue weighted by molar-refractivity contribution is -0.120. The van der Waals surface area contributed by atoms with E-state index < -0.39 is 0 Å². The molecule has 1 amide bonds. The zero-order valence-electron chi connectivity index (χ0n) is 10.6. The molecular formula is C14H15N3O2. The Morgan fingerprint density at radius 3 is 3.05 bits per heavy atom. The van der Waals surface area contributed by atoms with Crippen LogP contribution in [0.4, 0.5) is 0 Å². The van der Waals surface area contributed by atoms with E-state index in [-0.39, 0.29) is 5.91 Å². The van der Waals surface area contributed by atoms with Gasteiger partial charge in [-0.25, -0.2) is 5.43 Å². The maximum atomic E-state index is 11.6. The molecule has 0 aliphatic carbocycles. The van der Waals surface area contributed by atoms with Crippen molar-refractivity contribution in [2.75, 3.05) is 0 Å². The normalized spacial score (nSPS) is 11.4. The molecule has 0 radical (unpaired) electrons. The molecule has 2 aromatic rings. The van der Waals surface area contributed by atoms with Crippen LogP contribution in [0.1, 0.15) is 11.5 Å². The summed E-state index contributed by atoms with van der Waals surface area (Å²) in [6, 6.07) is 7.44. The third kappa shape index (κ3) is 3.99. The van der Waals surface area contributed by atoms with Crippen LogP contribution >= 0.6 is 0 Å². The monoisotopic (exact) mass is 257 g/mol. The second-order valence-corrected chi connectivity index (χ2v) is 3.97. The minimum Gasteiger partial charge on any atom is -0.465 e. The molecule has 98 valence electrons. The predicted molar refractivity (Wildman–Crippen MR) is 73.5 cm³/mol. The van der Waals surface area contributed by atoms with Gasteiger partial charge in [-0.2, -0.15) is 5.10 Å². The SMILES string of the molecule is Cn1cccc1CC(=O)N/N=C\C=C/c1ccco1. The molecule has 19 heavy (non-hydrogen) atoms. The van der Waals surface area contributed by atoms with Crippen molar-refractivity contribution < 1.29 is 9.21 Å². The molecule has 2 aromatic heterocycles. The molecule has 5 nitrogen and oxygen atoms in total. The number of nitrogens with zero attached hydrogens (tertiary/aromatic N) is 2. The molecule has 0 spiro atoms. The molecule has 1 N–H and O–H groups in total. The minimum atomic E-state index is -0.149. The van der Waals surface area contributed by atoms with Crippen LogP contribution in [-0.2, 0) is 18.3 Å². The lowest BCUT2D eigenvalue weighted by atomic mass is 10.3. The first-order valence-corrected chi connectivity index (χ1v) is 5.88. The van der Waals surface area contributed by atoms with E-state index in [0.717, 1.165) is 11.5 Å². The molecule has 0 aliphatic heterocycles. The molecule has 0 bridgehead atoms. The summed E-state index contributed by atoms with van der Waals surface area (Å²) < 4.78 is 7.01. The number of amides is 1. The zero-order valence-corrected chi connectivity index (χ0v) is 10.6. The Labute approximate surface area is 111 Å². The first-order valence-electron chi connectivity index (χ1n) is 5.88. The van der Waals surface area contributed by atoms with E-state index in [0.29, 0.717) is 6.42 Å². The molecule has 0 atom stereocenters. The van der Waals surface area contributed by atoms with Crippen molar-refractivity contribution in [3.63, 3.8) is 0 Å². The van der Waals surface area contributed by atoms with Gasteiger partial charge in [0.05, 0.1) is 12.7 Å². The zero-order chi connectivity index (χ0) is 13.5. The van der Waals surface area contributed by atoms with Gasteiger partial charge in [0, 0.05) is 25.2 Å². The van der Waals surface area contributed by atoms with Gasteiger partial charge in [-0.05, 0) is 36.4 Å². The van der Waals surface area contributed by atoms with Gasteiger partial charge < -0.3 is 8.98 Å². The van der Waals surface area contributed by atoms with E-state index in [1.807, 2.05) is 36.0 Å². The Bertz CT molecular complexity index is 580. The summed E-state index contributed by atoms with van der Waals surface area (Å²) in [6.45, 7) is 0. The van der Waals surface area contributed by atoms with E-state index in [4.69, 9.17) is 4.42 Å². The number of nitrogens with one attached hydrogen (secondary N) is 1. The summed E-state index contributed by atoms with van der Waals surface area (Å²) in [5.41, 5.74) is 3.41. The van der Waals surface area contributed by atoms with E-state index in [1.165, 1.54) is 6.21 Å². The maximum Gasteiger partial charge on any atom is 0.245 e. The molecule has 0 saturated carbocycles. The number of carbonyl (C=O) groups excluding carboxylic acids is 1. The van der Waals surface area contributed by atoms with E-state index in [2.05, 4.69) is 10.5 Å². The highest BCUT2D eigenvalue weighted by atomic mass is 16.3. The van der Waals surface area contributed by atoms with E-state index in [9.17, 15) is 4.79 Å². The van der Waals surface area contributed by atoms with E-state index in [1.54, 1.807) is 24.5 Å². The number of aryl methyl sites for hydroxylation is 1. The van der Waals surface area contributed by atoms with E-state index >= 15 is 0 Å². The largest absolute Gasteiger partial charge is 0.465 e. The predicted octanol–water partition coefficient (Wildman–Crippen LogP) is 1.98. The van der Waals surface area contributed by atoms with Crippen LogP contribution in [0.15, 0.2) is 52.3 Å². The van der Waals surface area contributed by atoms with Crippen molar-refractivity contribution in [1.29, 1.82) is 0 Å². The van der Waals surface area contributed by atoms with Gasteiger partial charge in [-0.1, -0.05) is 0 Å². The molecule has 0 unspecified atom stereocenters. The highest BCUT2D eigenvalue weighted by molar-refractivity contribution is 5.81. The minimum absolute atomic E-state index is 0.149. The van der Waals surface area contributed by atoms with Crippen molar-refractivity contribution in [2.45, 2.75) is 6.42 Å². The highest BCUT2D eigenvalue weighted by Gasteiger charge is 2.03. The quantitative estimate of drug-likeness (QED) is 0.657. The maximum absolute atomic E-state index is 11.6.